The van der Waals surface area contributed by atoms with E-state index >= 15 is 0 Å². The molecule has 112 valence electrons. The molecule has 1 aromatic carbocycles. The average molecular weight is 288 g/mol. The summed E-state index contributed by atoms with van der Waals surface area (Å²) < 4.78 is 5.56. The second-order valence-corrected chi connectivity index (χ2v) is 4.48. The number of rotatable bonds is 1. The van der Waals surface area contributed by atoms with Gasteiger partial charge in [-0.3, -0.25) is 9.89 Å². The van der Waals surface area contributed by atoms with Crippen LogP contribution in [0.3, 0.4) is 0 Å². The maximum atomic E-state index is 12.0. The number of aromatic nitrogens is 2. The van der Waals surface area contributed by atoms with Crippen molar-refractivity contribution >= 4 is 11.6 Å². The number of aromatic amines is 1. The maximum absolute atomic E-state index is 12.0. The zero-order chi connectivity index (χ0) is 15.4. The zero-order valence-corrected chi connectivity index (χ0v) is 12.5. The fourth-order valence-corrected chi connectivity index (χ4v) is 2.11. The van der Waals surface area contributed by atoms with Gasteiger partial charge >= 0.3 is 0 Å². The molecule has 1 atom stereocenters. The second-order valence-electron chi connectivity index (χ2n) is 4.48. The van der Waals surface area contributed by atoms with Gasteiger partial charge in [0.2, 0.25) is 5.91 Å². The number of hydrogen-bond acceptors (Lipinski definition) is 4. The Kier molecular flexibility index (Phi) is 4.59. The third-order valence-corrected chi connectivity index (χ3v) is 3.22. The summed E-state index contributed by atoms with van der Waals surface area (Å²) in [7, 11) is 1.70. The summed E-state index contributed by atoms with van der Waals surface area (Å²) in [5.41, 5.74) is 8.39. The molecule has 0 spiro atoms. The number of nitrogens with zero attached hydrogens (tertiary/aromatic N) is 2. The first-order valence-corrected chi connectivity index (χ1v) is 6.96. The molecule has 6 nitrogen and oxygen atoms in total. The van der Waals surface area contributed by atoms with Crippen LogP contribution in [-0.2, 0) is 4.79 Å². The maximum Gasteiger partial charge on any atom is 0.247 e. The van der Waals surface area contributed by atoms with Crippen LogP contribution in [0.5, 0.6) is 5.75 Å². The first kappa shape index (κ1) is 15.1. The van der Waals surface area contributed by atoms with Gasteiger partial charge in [-0.1, -0.05) is 19.9 Å². The van der Waals surface area contributed by atoms with Crippen molar-refractivity contribution in [3.05, 3.63) is 30.6 Å². The molecular formula is C15H20N4O2. The van der Waals surface area contributed by atoms with Crippen LogP contribution in [0.15, 0.2) is 30.6 Å². The quantitative estimate of drug-likeness (QED) is 0.838. The summed E-state index contributed by atoms with van der Waals surface area (Å²) in [6.07, 6.45) is 3.53. The molecule has 1 aromatic heterocycles. The summed E-state index contributed by atoms with van der Waals surface area (Å²) in [4.78, 5) is 13.5. The highest BCUT2D eigenvalue weighted by atomic mass is 16.5. The zero-order valence-electron chi connectivity index (χ0n) is 12.5. The summed E-state index contributed by atoms with van der Waals surface area (Å²) in [6.45, 7) is 4.20. The first-order valence-electron chi connectivity index (χ1n) is 6.96. The fraction of sp³-hybridized carbons (Fsp3) is 0.333. The van der Waals surface area contributed by atoms with Crippen molar-refractivity contribution in [2.75, 3.05) is 18.6 Å². The van der Waals surface area contributed by atoms with Gasteiger partial charge in [-0.05, 0) is 17.7 Å². The summed E-state index contributed by atoms with van der Waals surface area (Å²) >= 11 is 0. The van der Waals surface area contributed by atoms with E-state index in [1.165, 1.54) is 4.90 Å². The molecule has 0 bridgehead atoms. The third kappa shape index (κ3) is 2.90. The Morgan fingerprint density at radius 1 is 1.38 bits per heavy atom. The van der Waals surface area contributed by atoms with E-state index in [4.69, 9.17) is 10.5 Å². The lowest BCUT2D eigenvalue weighted by Gasteiger charge is -2.18. The molecule has 2 heterocycles. The minimum Gasteiger partial charge on any atom is -0.489 e. The highest BCUT2D eigenvalue weighted by Crippen LogP contribution is 2.34. The SMILES string of the molecule is CC.CN1C(=O)[C@@H](N)COc2ccc(-c3cn[nH]c3)cc21. The molecule has 2 aromatic rings. The minimum atomic E-state index is -0.630. The summed E-state index contributed by atoms with van der Waals surface area (Å²) in [5, 5.41) is 6.68. The van der Waals surface area contributed by atoms with E-state index in [1.807, 2.05) is 32.0 Å². The molecule has 1 aliphatic heterocycles. The van der Waals surface area contributed by atoms with E-state index in [-0.39, 0.29) is 12.5 Å². The lowest BCUT2D eigenvalue weighted by Crippen LogP contribution is -2.43. The van der Waals surface area contributed by atoms with E-state index in [0.717, 1.165) is 16.8 Å². The lowest BCUT2D eigenvalue weighted by molar-refractivity contribution is -0.119. The Bertz CT molecular complexity index is 610. The monoisotopic (exact) mass is 288 g/mol. The number of anilines is 1. The number of H-pyrrole nitrogens is 1. The Morgan fingerprint density at radius 2 is 2.14 bits per heavy atom. The standard InChI is InChI=1S/C13H14N4O2.C2H6/c1-17-11-4-8(9-5-15-16-6-9)2-3-12(11)19-7-10(14)13(17)18;1-2/h2-6,10H,7,14H2,1H3,(H,15,16);1-2H3/t10-;/m0./s1. The Hall–Kier alpha value is -2.34. The van der Waals surface area contributed by atoms with Crippen molar-refractivity contribution in [2.45, 2.75) is 19.9 Å². The van der Waals surface area contributed by atoms with Crippen molar-refractivity contribution in [1.29, 1.82) is 0 Å². The Labute approximate surface area is 123 Å². The lowest BCUT2D eigenvalue weighted by atomic mass is 10.1. The highest BCUT2D eigenvalue weighted by Gasteiger charge is 2.26. The third-order valence-electron chi connectivity index (χ3n) is 3.22. The molecule has 1 aliphatic rings. The van der Waals surface area contributed by atoms with E-state index in [2.05, 4.69) is 10.2 Å². The Morgan fingerprint density at radius 3 is 2.81 bits per heavy atom. The molecule has 0 unspecified atom stereocenters. The molecule has 0 aliphatic carbocycles. The number of fused-ring (bicyclic) bond motifs is 1. The van der Waals surface area contributed by atoms with Gasteiger partial charge in [-0.25, -0.2) is 0 Å². The predicted molar refractivity (Wildman–Crippen MR) is 82.3 cm³/mol. The molecule has 21 heavy (non-hydrogen) atoms. The van der Waals surface area contributed by atoms with Crippen LogP contribution in [0.4, 0.5) is 5.69 Å². The molecule has 0 saturated heterocycles. The van der Waals surface area contributed by atoms with E-state index in [0.29, 0.717) is 5.75 Å². The summed E-state index contributed by atoms with van der Waals surface area (Å²) in [5.74, 6) is 0.513. The second kappa shape index (κ2) is 6.41. The van der Waals surface area contributed by atoms with Crippen LogP contribution in [0.25, 0.3) is 11.1 Å². The van der Waals surface area contributed by atoms with Crippen molar-refractivity contribution in [1.82, 2.24) is 10.2 Å². The van der Waals surface area contributed by atoms with Crippen LogP contribution >= 0.6 is 0 Å². The molecule has 0 radical (unpaired) electrons. The van der Waals surface area contributed by atoms with Gasteiger partial charge in [0, 0.05) is 18.8 Å². The average Bonchev–Trinajstić information content (AvgIpc) is 3.04. The number of nitrogens with two attached hydrogens (primary N) is 1. The van der Waals surface area contributed by atoms with Gasteiger partial charge in [0.15, 0.2) is 0 Å². The summed E-state index contributed by atoms with van der Waals surface area (Å²) in [6, 6.07) is 5.05. The van der Waals surface area contributed by atoms with Crippen LogP contribution in [0.1, 0.15) is 13.8 Å². The molecule has 6 heteroatoms. The van der Waals surface area contributed by atoms with Crippen LogP contribution in [0, 0.1) is 0 Å². The topological polar surface area (TPSA) is 84.2 Å². The van der Waals surface area contributed by atoms with Gasteiger partial charge < -0.3 is 15.4 Å². The van der Waals surface area contributed by atoms with Crippen molar-refractivity contribution in [2.24, 2.45) is 5.73 Å². The molecule has 3 rings (SSSR count). The van der Waals surface area contributed by atoms with Gasteiger partial charge in [-0.15, -0.1) is 0 Å². The number of nitrogens with one attached hydrogen (secondary N) is 1. The molecule has 0 fully saturated rings. The van der Waals surface area contributed by atoms with E-state index in [1.54, 1.807) is 19.4 Å². The van der Waals surface area contributed by atoms with Gasteiger partial charge in [0.1, 0.15) is 18.4 Å². The number of amides is 1. The van der Waals surface area contributed by atoms with Crippen molar-refractivity contribution in [3.63, 3.8) is 0 Å². The molecule has 1 amide bonds. The number of carbonyl (C=O) groups excluding carboxylic acids is 1. The van der Waals surface area contributed by atoms with Crippen LogP contribution < -0.4 is 15.4 Å². The molecular weight excluding hydrogens is 268 g/mol. The predicted octanol–water partition coefficient (Wildman–Crippen LogP) is 1.79. The molecule has 3 N–H and O–H groups in total. The number of likely N-dealkylation sites (N-methyl/N-ethyl adjacent to an activating group) is 1. The molecule has 0 saturated carbocycles. The minimum absolute atomic E-state index is 0.150. The van der Waals surface area contributed by atoms with Crippen molar-refractivity contribution in [3.8, 4) is 16.9 Å². The number of carbonyl (C=O) groups is 1. The number of ether oxygens (including phenoxy) is 1. The normalized spacial score (nSPS) is 17.2. The number of benzene rings is 1. The smallest absolute Gasteiger partial charge is 0.247 e. The van der Waals surface area contributed by atoms with E-state index < -0.39 is 6.04 Å². The van der Waals surface area contributed by atoms with E-state index in [9.17, 15) is 4.79 Å². The van der Waals surface area contributed by atoms with Crippen molar-refractivity contribution < 1.29 is 9.53 Å². The van der Waals surface area contributed by atoms with Crippen LogP contribution in [0.2, 0.25) is 0 Å². The van der Waals surface area contributed by atoms with Crippen LogP contribution in [-0.4, -0.2) is 35.8 Å². The van der Waals surface area contributed by atoms with Gasteiger partial charge in [0.05, 0.1) is 11.9 Å². The van der Waals surface area contributed by atoms with Gasteiger partial charge in [0.25, 0.3) is 0 Å². The number of hydrogen-bond donors (Lipinski definition) is 2. The Balaban J connectivity index is 0.000000774. The highest BCUT2D eigenvalue weighted by molar-refractivity contribution is 5.99. The van der Waals surface area contributed by atoms with Gasteiger partial charge in [-0.2, -0.15) is 5.10 Å². The first-order chi connectivity index (χ1) is 10.2. The fourth-order valence-electron chi connectivity index (χ4n) is 2.11. The largest absolute Gasteiger partial charge is 0.489 e.